The highest BCUT2D eigenvalue weighted by Crippen LogP contribution is 2.20. The minimum atomic E-state index is -0.763. The Kier molecular flexibility index (Phi) is 9.40. The predicted molar refractivity (Wildman–Crippen MR) is 133 cm³/mol. The van der Waals surface area contributed by atoms with E-state index >= 15 is 0 Å². The normalized spacial score (nSPS) is 11.4. The van der Waals surface area contributed by atoms with Gasteiger partial charge < -0.3 is 19.7 Å². The van der Waals surface area contributed by atoms with Crippen molar-refractivity contribution in [1.82, 2.24) is 15.2 Å². The first-order valence-electron chi connectivity index (χ1n) is 11.1. The van der Waals surface area contributed by atoms with Gasteiger partial charge in [0.1, 0.15) is 18.2 Å². The molecule has 0 radical (unpaired) electrons. The van der Waals surface area contributed by atoms with Crippen molar-refractivity contribution in [3.8, 4) is 0 Å². The van der Waals surface area contributed by atoms with E-state index in [1.165, 1.54) is 31.2 Å². The van der Waals surface area contributed by atoms with Crippen molar-refractivity contribution in [3.05, 3.63) is 71.1 Å². The summed E-state index contributed by atoms with van der Waals surface area (Å²) in [5.74, 6) is -0.749. The molecule has 3 aromatic rings. The molecule has 3 amide bonds. The number of benzene rings is 2. The molecule has 11 heteroatoms. The van der Waals surface area contributed by atoms with Gasteiger partial charge in [-0.2, -0.15) is 0 Å². The minimum absolute atomic E-state index is 0.00568. The quantitative estimate of drug-likeness (QED) is 0.397. The van der Waals surface area contributed by atoms with Gasteiger partial charge in [0, 0.05) is 31.6 Å². The molecular formula is C25H26ClFN4O5. The molecule has 190 valence electrons. The van der Waals surface area contributed by atoms with E-state index in [0.29, 0.717) is 11.4 Å². The third kappa shape index (κ3) is 7.29. The lowest BCUT2D eigenvalue weighted by atomic mass is 10.1. The predicted octanol–water partition coefficient (Wildman–Crippen LogP) is 4.74. The average Bonchev–Trinajstić information content (AvgIpc) is 2.88. The van der Waals surface area contributed by atoms with Crippen LogP contribution in [0.3, 0.4) is 0 Å². The zero-order valence-corrected chi connectivity index (χ0v) is 20.5. The van der Waals surface area contributed by atoms with E-state index < -0.39 is 30.0 Å². The van der Waals surface area contributed by atoms with E-state index in [2.05, 4.69) is 20.4 Å². The van der Waals surface area contributed by atoms with Crippen LogP contribution in [0.4, 0.5) is 19.8 Å². The molecule has 0 spiro atoms. The molecule has 1 aromatic heterocycles. The summed E-state index contributed by atoms with van der Waals surface area (Å²) >= 11 is 5.94. The van der Waals surface area contributed by atoms with E-state index in [1.54, 1.807) is 18.3 Å². The number of carbonyl (C=O) groups is 3. The maximum atomic E-state index is 13.7. The number of ether oxygens (including phenoxy) is 2. The summed E-state index contributed by atoms with van der Waals surface area (Å²) in [5, 5.41) is 6.95. The van der Waals surface area contributed by atoms with Crippen molar-refractivity contribution < 1.29 is 28.2 Å². The van der Waals surface area contributed by atoms with E-state index in [9.17, 15) is 18.8 Å². The standard InChI is InChI=1S/C25H26ClFN4O5/c1-31(24(33)29-14-18-8-5-9-20(27)23(18)26)19(10-11-22(32)35-2)15-36-25(34)30-21-12-16-6-3-4-7-17(16)13-28-21/h3-9,12-13,19H,10-11,14-15H2,1-2H3,(H,29,33)(H,28,30,34). The molecule has 3 rings (SSSR count). The van der Waals surface area contributed by atoms with Gasteiger partial charge in [-0.05, 0) is 29.5 Å². The van der Waals surface area contributed by atoms with Gasteiger partial charge in [0.15, 0.2) is 0 Å². The van der Waals surface area contributed by atoms with Crippen LogP contribution in [-0.2, 0) is 20.8 Å². The Morgan fingerprint density at radius 2 is 1.89 bits per heavy atom. The van der Waals surface area contributed by atoms with Gasteiger partial charge >= 0.3 is 18.1 Å². The summed E-state index contributed by atoms with van der Waals surface area (Å²) in [5.41, 5.74) is 0.406. The molecule has 2 N–H and O–H groups in total. The second-order valence-electron chi connectivity index (χ2n) is 7.89. The summed E-state index contributed by atoms with van der Waals surface area (Å²) in [6.07, 6.45) is 1.05. The molecule has 1 heterocycles. The van der Waals surface area contributed by atoms with Crippen LogP contribution < -0.4 is 10.6 Å². The van der Waals surface area contributed by atoms with E-state index in [4.69, 9.17) is 16.3 Å². The first-order chi connectivity index (χ1) is 17.3. The lowest BCUT2D eigenvalue weighted by Crippen LogP contribution is -2.46. The Balaban J connectivity index is 1.60. The van der Waals surface area contributed by atoms with Gasteiger partial charge in [-0.15, -0.1) is 0 Å². The van der Waals surface area contributed by atoms with Crippen LogP contribution in [0.2, 0.25) is 5.02 Å². The average molecular weight is 517 g/mol. The molecule has 0 saturated carbocycles. The van der Waals surface area contributed by atoms with Gasteiger partial charge in [0.2, 0.25) is 0 Å². The van der Waals surface area contributed by atoms with Gasteiger partial charge in [-0.25, -0.2) is 19.0 Å². The second-order valence-corrected chi connectivity index (χ2v) is 8.27. The molecule has 0 aliphatic heterocycles. The number of amides is 3. The van der Waals surface area contributed by atoms with Crippen molar-refractivity contribution >= 4 is 46.3 Å². The number of aromatic nitrogens is 1. The maximum Gasteiger partial charge on any atom is 0.412 e. The van der Waals surface area contributed by atoms with Gasteiger partial charge in [0.05, 0.1) is 18.2 Å². The molecule has 0 bridgehead atoms. The second kappa shape index (κ2) is 12.7. The molecule has 2 aromatic carbocycles. The van der Waals surface area contributed by atoms with Crippen molar-refractivity contribution in [2.24, 2.45) is 0 Å². The maximum absolute atomic E-state index is 13.7. The molecular weight excluding hydrogens is 491 g/mol. The van der Waals surface area contributed by atoms with Crippen LogP contribution in [0.25, 0.3) is 10.8 Å². The Labute approximate surface area is 212 Å². The molecule has 0 saturated heterocycles. The summed E-state index contributed by atoms with van der Waals surface area (Å²) in [6, 6.07) is 12.4. The molecule has 1 atom stereocenters. The number of nitrogens with one attached hydrogen (secondary N) is 2. The van der Waals surface area contributed by atoms with Crippen molar-refractivity contribution in [2.45, 2.75) is 25.4 Å². The molecule has 1 unspecified atom stereocenters. The van der Waals surface area contributed by atoms with E-state index in [-0.39, 0.29) is 31.0 Å². The zero-order chi connectivity index (χ0) is 26.1. The van der Waals surface area contributed by atoms with Crippen LogP contribution in [0.1, 0.15) is 18.4 Å². The SMILES string of the molecule is COC(=O)CCC(COC(=O)Nc1cc2ccccc2cn1)N(C)C(=O)NCc1cccc(F)c1Cl. The topological polar surface area (TPSA) is 110 Å². The van der Waals surface area contributed by atoms with Gasteiger partial charge in [0.25, 0.3) is 0 Å². The summed E-state index contributed by atoms with van der Waals surface area (Å²) < 4.78 is 23.6. The fourth-order valence-corrected chi connectivity index (χ4v) is 3.58. The number of hydrogen-bond acceptors (Lipinski definition) is 6. The van der Waals surface area contributed by atoms with Gasteiger partial charge in [-0.3, -0.25) is 10.1 Å². The minimum Gasteiger partial charge on any atom is -0.469 e. The highest BCUT2D eigenvalue weighted by Gasteiger charge is 2.23. The highest BCUT2D eigenvalue weighted by atomic mass is 35.5. The van der Waals surface area contributed by atoms with Crippen molar-refractivity contribution in [3.63, 3.8) is 0 Å². The number of methoxy groups -OCH3 is 1. The number of likely N-dealkylation sites (N-methyl/N-ethyl adjacent to an activating group) is 1. The number of esters is 1. The van der Waals surface area contributed by atoms with Crippen molar-refractivity contribution in [1.29, 1.82) is 0 Å². The number of fused-ring (bicyclic) bond motifs is 1. The van der Waals surface area contributed by atoms with Crippen LogP contribution in [0.15, 0.2) is 54.7 Å². The number of carbonyl (C=O) groups excluding carboxylic acids is 3. The fraction of sp³-hybridized carbons (Fsp3) is 0.280. The third-order valence-corrected chi connectivity index (χ3v) is 5.93. The molecule has 0 aliphatic carbocycles. The number of urea groups is 1. The smallest absolute Gasteiger partial charge is 0.412 e. The largest absolute Gasteiger partial charge is 0.469 e. The van der Waals surface area contributed by atoms with Crippen LogP contribution >= 0.6 is 11.6 Å². The lowest BCUT2D eigenvalue weighted by Gasteiger charge is -2.28. The summed E-state index contributed by atoms with van der Waals surface area (Å²) in [6.45, 7) is -0.209. The zero-order valence-electron chi connectivity index (χ0n) is 19.8. The Hall–Kier alpha value is -3.92. The molecule has 9 nitrogen and oxygen atoms in total. The van der Waals surface area contributed by atoms with Gasteiger partial charge in [-0.1, -0.05) is 48.0 Å². The first-order valence-corrected chi connectivity index (χ1v) is 11.4. The summed E-state index contributed by atoms with van der Waals surface area (Å²) in [4.78, 5) is 42.3. The molecule has 36 heavy (non-hydrogen) atoms. The highest BCUT2D eigenvalue weighted by molar-refractivity contribution is 6.31. The first kappa shape index (κ1) is 26.7. The Morgan fingerprint density at radius 3 is 2.64 bits per heavy atom. The monoisotopic (exact) mass is 516 g/mol. The number of nitrogens with zero attached hydrogens (tertiary/aromatic N) is 2. The summed E-state index contributed by atoms with van der Waals surface area (Å²) in [7, 11) is 2.76. The number of rotatable bonds is 9. The van der Waals surface area contributed by atoms with Crippen LogP contribution in [0.5, 0.6) is 0 Å². The Morgan fingerprint density at radius 1 is 1.14 bits per heavy atom. The third-order valence-electron chi connectivity index (χ3n) is 5.51. The van der Waals surface area contributed by atoms with E-state index in [1.807, 2.05) is 24.3 Å². The number of anilines is 1. The lowest BCUT2D eigenvalue weighted by molar-refractivity contribution is -0.141. The fourth-order valence-electron chi connectivity index (χ4n) is 3.39. The van der Waals surface area contributed by atoms with Crippen molar-refractivity contribution in [2.75, 3.05) is 26.1 Å². The molecule has 0 fully saturated rings. The number of pyridine rings is 1. The Bertz CT molecular complexity index is 1240. The van der Waals surface area contributed by atoms with Crippen LogP contribution in [0, 0.1) is 5.82 Å². The van der Waals surface area contributed by atoms with Crippen LogP contribution in [-0.4, -0.2) is 54.8 Å². The molecule has 0 aliphatic rings. The van der Waals surface area contributed by atoms with E-state index in [0.717, 1.165) is 10.8 Å². The number of halogens is 2. The number of hydrogen-bond donors (Lipinski definition) is 2.